The molecule has 0 spiro atoms. The van der Waals surface area contributed by atoms with Gasteiger partial charge in [-0.25, -0.2) is 9.38 Å². The number of nitrogens with zero attached hydrogens (tertiary/aromatic N) is 1. The highest BCUT2D eigenvalue weighted by Gasteiger charge is 2.07. The van der Waals surface area contributed by atoms with Crippen molar-refractivity contribution in [3.8, 4) is 0 Å². The van der Waals surface area contributed by atoms with Crippen molar-refractivity contribution in [2.24, 2.45) is 4.99 Å². The fourth-order valence-corrected chi connectivity index (χ4v) is 2.27. The molecule has 2 nitrogen and oxygen atoms in total. The Kier molecular flexibility index (Phi) is 5.18. The number of aliphatic imine (C=N–C) groups is 1. The van der Waals surface area contributed by atoms with Gasteiger partial charge in [-0.2, -0.15) is 0 Å². The summed E-state index contributed by atoms with van der Waals surface area (Å²) in [5.41, 5.74) is 1.94. The molecule has 0 saturated carbocycles. The summed E-state index contributed by atoms with van der Waals surface area (Å²) in [6, 6.07) is 16.5. The quantitative estimate of drug-likeness (QED) is 0.663. The Morgan fingerprint density at radius 2 is 1.75 bits per heavy atom. The number of halogens is 1. The summed E-state index contributed by atoms with van der Waals surface area (Å²) < 4.78 is 12.9. The van der Waals surface area contributed by atoms with Crippen LogP contribution in [0, 0.1) is 5.82 Å². The lowest BCUT2D eigenvalue weighted by atomic mass is 10.1. The van der Waals surface area contributed by atoms with Gasteiger partial charge in [0.05, 0.1) is 11.7 Å². The van der Waals surface area contributed by atoms with E-state index < -0.39 is 0 Å². The number of rotatable bonds is 3. The van der Waals surface area contributed by atoms with Gasteiger partial charge in [-0.05, 0) is 43.0 Å². The number of nitrogens with one attached hydrogen (secondary N) is 1. The molecule has 1 N–H and O–H groups in total. The number of amidine groups is 1. The molecule has 0 heterocycles. The monoisotopic (exact) mass is 288 g/mol. The molecule has 0 aromatic heterocycles. The first-order chi connectivity index (χ1) is 9.69. The molecule has 2 rings (SSSR count). The molecule has 0 fully saturated rings. The molecule has 1 atom stereocenters. The molecule has 0 radical (unpaired) electrons. The first kappa shape index (κ1) is 14.6. The first-order valence-electron chi connectivity index (χ1n) is 6.39. The Balaban J connectivity index is 2.10. The molecule has 2 aromatic carbocycles. The molecule has 20 heavy (non-hydrogen) atoms. The third kappa shape index (κ3) is 4.10. The zero-order chi connectivity index (χ0) is 14.4. The van der Waals surface area contributed by atoms with Gasteiger partial charge in [0.15, 0.2) is 5.17 Å². The van der Waals surface area contributed by atoms with Gasteiger partial charge in [0.2, 0.25) is 0 Å². The van der Waals surface area contributed by atoms with Crippen LogP contribution < -0.4 is 5.32 Å². The summed E-state index contributed by atoms with van der Waals surface area (Å²) in [6.45, 7) is 2.09. The molecule has 4 heteroatoms. The lowest BCUT2D eigenvalue weighted by molar-refractivity contribution is 0.628. The molecule has 0 bridgehead atoms. The Labute approximate surface area is 123 Å². The van der Waals surface area contributed by atoms with Crippen LogP contribution in [0.4, 0.5) is 10.1 Å². The van der Waals surface area contributed by atoms with E-state index in [0.717, 1.165) is 10.9 Å². The Morgan fingerprint density at radius 3 is 2.35 bits per heavy atom. The average Bonchev–Trinajstić information content (AvgIpc) is 2.49. The summed E-state index contributed by atoms with van der Waals surface area (Å²) in [6.07, 6.45) is 1.97. The molecule has 0 amide bonds. The predicted octanol–water partition coefficient (Wildman–Crippen LogP) is 4.53. The summed E-state index contributed by atoms with van der Waals surface area (Å²) in [4.78, 5) is 4.49. The van der Waals surface area contributed by atoms with Crippen LogP contribution in [0.15, 0.2) is 59.6 Å². The number of benzene rings is 2. The summed E-state index contributed by atoms with van der Waals surface area (Å²) in [5.74, 6) is -0.250. The molecule has 2 aromatic rings. The molecular weight excluding hydrogens is 271 g/mol. The van der Waals surface area contributed by atoms with Gasteiger partial charge in [0.25, 0.3) is 0 Å². The molecule has 0 aliphatic rings. The minimum absolute atomic E-state index is 0.169. The molecule has 0 aliphatic carbocycles. The van der Waals surface area contributed by atoms with Gasteiger partial charge in [-0.15, -0.1) is 0 Å². The van der Waals surface area contributed by atoms with Crippen LogP contribution >= 0.6 is 11.8 Å². The molecule has 0 saturated heterocycles. The first-order valence-corrected chi connectivity index (χ1v) is 7.61. The largest absolute Gasteiger partial charge is 0.358 e. The standard InChI is InChI=1S/C16H17FN2S/c1-12(13-6-4-3-5-7-13)18-16(20-2)19-15-10-8-14(17)9-11-15/h3-12H,1-2H3,(H,18,19)/t12-/m0/s1. The van der Waals surface area contributed by atoms with Crippen molar-refractivity contribution in [3.63, 3.8) is 0 Å². The lowest BCUT2D eigenvalue weighted by Gasteiger charge is -2.16. The average molecular weight is 288 g/mol. The van der Waals surface area contributed by atoms with Crippen LogP contribution in [0.25, 0.3) is 0 Å². The Hall–Kier alpha value is -1.81. The van der Waals surface area contributed by atoms with Gasteiger partial charge in [-0.3, -0.25) is 0 Å². The van der Waals surface area contributed by atoms with Gasteiger partial charge >= 0.3 is 0 Å². The summed E-state index contributed by atoms with van der Waals surface area (Å²) in [7, 11) is 0. The second-order valence-corrected chi connectivity index (χ2v) is 5.17. The Morgan fingerprint density at radius 1 is 1.10 bits per heavy atom. The van der Waals surface area contributed by atoms with Gasteiger partial charge < -0.3 is 5.32 Å². The fourth-order valence-electron chi connectivity index (χ4n) is 1.78. The molecule has 0 unspecified atom stereocenters. The topological polar surface area (TPSA) is 24.4 Å². The van der Waals surface area contributed by atoms with Crippen molar-refractivity contribution in [3.05, 3.63) is 66.0 Å². The zero-order valence-electron chi connectivity index (χ0n) is 11.5. The highest BCUT2D eigenvalue weighted by Crippen LogP contribution is 2.17. The van der Waals surface area contributed by atoms with Crippen LogP contribution in [-0.4, -0.2) is 11.4 Å². The maximum Gasteiger partial charge on any atom is 0.161 e. The second kappa shape index (κ2) is 7.10. The molecule has 0 aliphatic heterocycles. The van der Waals surface area contributed by atoms with Crippen molar-refractivity contribution < 1.29 is 4.39 Å². The van der Waals surface area contributed by atoms with Gasteiger partial charge in [0.1, 0.15) is 5.82 Å². The van der Waals surface area contributed by atoms with E-state index in [0.29, 0.717) is 0 Å². The smallest absolute Gasteiger partial charge is 0.161 e. The normalized spacial score (nSPS) is 13.1. The van der Waals surface area contributed by atoms with Crippen molar-refractivity contribution in [2.75, 3.05) is 6.26 Å². The van der Waals surface area contributed by atoms with E-state index in [-0.39, 0.29) is 11.9 Å². The van der Waals surface area contributed by atoms with E-state index in [9.17, 15) is 4.39 Å². The van der Waals surface area contributed by atoms with E-state index in [4.69, 9.17) is 0 Å². The second-order valence-electron chi connectivity index (χ2n) is 4.37. The maximum atomic E-state index is 12.9. The van der Waals surface area contributed by atoms with Gasteiger partial charge in [0, 0.05) is 0 Å². The van der Waals surface area contributed by atoms with Crippen molar-refractivity contribution >= 4 is 22.6 Å². The number of hydrogen-bond acceptors (Lipinski definition) is 2. The van der Waals surface area contributed by atoms with Crippen molar-refractivity contribution in [1.82, 2.24) is 5.32 Å². The molecule has 104 valence electrons. The fraction of sp³-hybridized carbons (Fsp3) is 0.188. The third-order valence-electron chi connectivity index (χ3n) is 2.89. The summed E-state index contributed by atoms with van der Waals surface area (Å²) >= 11 is 1.54. The minimum atomic E-state index is -0.250. The maximum absolute atomic E-state index is 12.9. The van der Waals surface area contributed by atoms with E-state index in [2.05, 4.69) is 29.4 Å². The number of hydrogen-bond donors (Lipinski definition) is 1. The number of thioether (sulfide) groups is 1. The minimum Gasteiger partial charge on any atom is -0.358 e. The highest BCUT2D eigenvalue weighted by atomic mass is 32.2. The van der Waals surface area contributed by atoms with Crippen LogP contribution in [0.2, 0.25) is 0 Å². The van der Waals surface area contributed by atoms with E-state index in [1.54, 1.807) is 12.1 Å². The van der Waals surface area contributed by atoms with E-state index in [1.807, 2.05) is 24.5 Å². The SMILES string of the molecule is CSC(=Nc1ccc(F)cc1)N[C@@H](C)c1ccccc1. The Bertz CT molecular complexity index is 567. The molecular formula is C16H17FN2S. The van der Waals surface area contributed by atoms with Crippen LogP contribution in [-0.2, 0) is 0 Å². The van der Waals surface area contributed by atoms with E-state index in [1.165, 1.54) is 29.5 Å². The van der Waals surface area contributed by atoms with Gasteiger partial charge in [-0.1, -0.05) is 42.1 Å². The van der Waals surface area contributed by atoms with Crippen LogP contribution in [0.3, 0.4) is 0 Å². The van der Waals surface area contributed by atoms with E-state index >= 15 is 0 Å². The van der Waals surface area contributed by atoms with Crippen LogP contribution in [0.1, 0.15) is 18.5 Å². The zero-order valence-corrected chi connectivity index (χ0v) is 12.3. The lowest BCUT2D eigenvalue weighted by Crippen LogP contribution is -2.23. The highest BCUT2D eigenvalue weighted by molar-refractivity contribution is 8.13. The predicted molar refractivity (Wildman–Crippen MR) is 85.0 cm³/mol. The van der Waals surface area contributed by atoms with Crippen molar-refractivity contribution in [2.45, 2.75) is 13.0 Å². The third-order valence-corrected chi connectivity index (χ3v) is 3.49. The van der Waals surface area contributed by atoms with Crippen LogP contribution in [0.5, 0.6) is 0 Å². The summed E-state index contributed by atoms with van der Waals surface area (Å²) in [5, 5.41) is 4.18. The van der Waals surface area contributed by atoms with Crippen molar-refractivity contribution in [1.29, 1.82) is 0 Å².